The Morgan fingerprint density at radius 1 is 0.792 bits per heavy atom. The molecule has 2 aromatic carbocycles. The van der Waals surface area contributed by atoms with Crippen molar-refractivity contribution in [2.24, 2.45) is 0 Å². The maximum absolute atomic E-state index is 2.72. The number of fused-ring (bicyclic) bond motifs is 3. The molecule has 1 saturated heterocycles. The summed E-state index contributed by atoms with van der Waals surface area (Å²) in [5.74, 6) is 0. The van der Waals surface area contributed by atoms with Gasteiger partial charge >= 0.3 is 0 Å². The number of benzene rings is 2. The van der Waals surface area contributed by atoms with E-state index in [0.29, 0.717) is 12.1 Å². The third-order valence-corrected chi connectivity index (χ3v) is 5.82. The summed E-state index contributed by atoms with van der Waals surface area (Å²) in [4.78, 5) is 5.35. The van der Waals surface area contributed by atoms with Crippen LogP contribution in [-0.2, 0) is 13.1 Å². The molecule has 126 valence electrons. The number of rotatable bonds is 2. The van der Waals surface area contributed by atoms with E-state index in [0.717, 1.165) is 13.1 Å². The fraction of sp³-hybridized carbons (Fsp3) is 0.455. The smallest absolute Gasteiger partial charge is 0.0246 e. The maximum Gasteiger partial charge on any atom is 0.0246 e. The third kappa shape index (κ3) is 3.01. The summed E-state index contributed by atoms with van der Waals surface area (Å²) in [5, 5.41) is 0. The van der Waals surface area contributed by atoms with Gasteiger partial charge in [-0.25, -0.2) is 0 Å². The molecule has 1 fully saturated rings. The minimum atomic E-state index is 0.677. The molecule has 0 aromatic heterocycles. The molecular weight excluding hydrogens is 292 g/mol. The Bertz CT molecular complexity index is 651. The van der Waals surface area contributed by atoms with Gasteiger partial charge in [0.1, 0.15) is 0 Å². The highest BCUT2D eigenvalue weighted by Crippen LogP contribution is 2.34. The van der Waals surface area contributed by atoms with Crippen molar-refractivity contribution in [2.75, 3.05) is 13.1 Å². The van der Waals surface area contributed by atoms with Crippen LogP contribution in [0.2, 0.25) is 0 Å². The summed E-state index contributed by atoms with van der Waals surface area (Å²) >= 11 is 0. The Balaban J connectivity index is 1.61. The largest absolute Gasteiger partial charge is 0.301 e. The Kier molecular flexibility index (Phi) is 4.43. The van der Waals surface area contributed by atoms with Gasteiger partial charge in [0.05, 0.1) is 0 Å². The molecule has 2 nitrogen and oxygen atoms in total. The predicted octanol–water partition coefficient (Wildman–Crippen LogP) is 4.54. The molecule has 0 amide bonds. The zero-order valence-electron chi connectivity index (χ0n) is 14.9. The highest BCUT2D eigenvalue weighted by Gasteiger charge is 2.28. The van der Waals surface area contributed by atoms with E-state index in [1.807, 2.05) is 0 Å². The van der Waals surface area contributed by atoms with Crippen LogP contribution in [0.15, 0.2) is 48.5 Å². The monoisotopic (exact) mass is 320 g/mol. The quantitative estimate of drug-likeness (QED) is 0.801. The lowest BCUT2D eigenvalue weighted by Crippen LogP contribution is -2.46. The molecule has 0 unspecified atom stereocenters. The Morgan fingerprint density at radius 3 is 1.79 bits per heavy atom. The Hall–Kier alpha value is -1.64. The van der Waals surface area contributed by atoms with Gasteiger partial charge in [-0.1, -0.05) is 48.5 Å². The lowest BCUT2D eigenvalue weighted by Gasteiger charge is -2.39. The van der Waals surface area contributed by atoms with E-state index < -0.39 is 0 Å². The first kappa shape index (κ1) is 15.9. The van der Waals surface area contributed by atoms with Crippen LogP contribution in [0.25, 0.3) is 11.1 Å². The number of likely N-dealkylation sites (tertiary alicyclic amines) is 1. The van der Waals surface area contributed by atoms with E-state index >= 15 is 0 Å². The molecule has 0 spiro atoms. The summed E-state index contributed by atoms with van der Waals surface area (Å²) in [6.45, 7) is 9.27. The molecule has 2 heteroatoms. The second-order valence-corrected chi connectivity index (χ2v) is 7.58. The summed E-state index contributed by atoms with van der Waals surface area (Å²) in [7, 11) is 0. The minimum Gasteiger partial charge on any atom is -0.301 e. The second-order valence-electron chi connectivity index (χ2n) is 7.58. The van der Waals surface area contributed by atoms with Gasteiger partial charge in [-0.3, -0.25) is 4.90 Å². The van der Waals surface area contributed by atoms with E-state index in [4.69, 9.17) is 0 Å². The third-order valence-electron chi connectivity index (χ3n) is 5.82. The molecule has 2 aliphatic rings. The summed E-state index contributed by atoms with van der Waals surface area (Å²) in [6, 6.07) is 19.3. The highest BCUT2D eigenvalue weighted by molar-refractivity contribution is 5.71. The van der Waals surface area contributed by atoms with Crippen LogP contribution in [0, 0.1) is 0 Å². The maximum atomic E-state index is 2.72. The molecule has 24 heavy (non-hydrogen) atoms. The van der Waals surface area contributed by atoms with Crippen LogP contribution in [0.5, 0.6) is 0 Å². The Labute approximate surface area is 146 Å². The van der Waals surface area contributed by atoms with E-state index in [9.17, 15) is 0 Å². The normalized spacial score (nSPS) is 19.8. The van der Waals surface area contributed by atoms with Crippen LogP contribution in [-0.4, -0.2) is 35.0 Å². The molecular formula is C22H28N2. The number of hydrogen-bond donors (Lipinski definition) is 0. The predicted molar refractivity (Wildman–Crippen MR) is 101 cm³/mol. The fourth-order valence-electron chi connectivity index (χ4n) is 4.36. The first-order valence-electron chi connectivity index (χ1n) is 9.36. The van der Waals surface area contributed by atoms with Crippen molar-refractivity contribution in [3.8, 4) is 11.1 Å². The van der Waals surface area contributed by atoms with Crippen molar-refractivity contribution >= 4 is 0 Å². The van der Waals surface area contributed by atoms with Gasteiger partial charge in [-0.05, 0) is 62.0 Å². The molecule has 2 heterocycles. The minimum absolute atomic E-state index is 0.677. The van der Waals surface area contributed by atoms with E-state index in [-0.39, 0.29) is 0 Å². The van der Waals surface area contributed by atoms with Crippen molar-refractivity contribution < 1.29 is 0 Å². The molecule has 0 N–H and O–H groups in total. The average molecular weight is 320 g/mol. The molecule has 0 radical (unpaired) electrons. The van der Waals surface area contributed by atoms with Crippen LogP contribution < -0.4 is 0 Å². The average Bonchev–Trinajstić information content (AvgIpc) is 2.79. The van der Waals surface area contributed by atoms with Crippen molar-refractivity contribution in [1.29, 1.82) is 0 Å². The Morgan fingerprint density at radius 2 is 1.29 bits per heavy atom. The van der Waals surface area contributed by atoms with Gasteiger partial charge in [-0.2, -0.15) is 0 Å². The van der Waals surface area contributed by atoms with E-state index in [1.165, 1.54) is 48.2 Å². The van der Waals surface area contributed by atoms with Crippen molar-refractivity contribution in [2.45, 2.75) is 51.9 Å². The molecule has 2 aliphatic heterocycles. The summed E-state index contributed by atoms with van der Waals surface area (Å²) in [6.07, 6.45) is 2.59. The number of piperidine rings is 1. The first-order chi connectivity index (χ1) is 11.7. The molecule has 0 saturated carbocycles. The molecule has 2 aromatic rings. The zero-order chi connectivity index (χ0) is 16.5. The first-order valence-corrected chi connectivity index (χ1v) is 9.36. The van der Waals surface area contributed by atoms with Crippen molar-refractivity contribution in [3.63, 3.8) is 0 Å². The number of nitrogens with zero attached hydrogens (tertiary/aromatic N) is 2. The fourth-order valence-corrected chi connectivity index (χ4v) is 4.36. The number of hydrogen-bond acceptors (Lipinski definition) is 2. The molecule has 4 rings (SSSR count). The van der Waals surface area contributed by atoms with Gasteiger partial charge in [-0.15, -0.1) is 0 Å². The van der Waals surface area contributed by atoms with Crippen molar-refractivity contribution in [3.05, 3.63) is 59.7 Å². The van der Waals surface area contributed by atoms with Gasteiger partial charge in [0.25, 0.3) is 0 Å². The summed E-state index contributed by atoms with van der Waals surface area (Å²) < 4.78 is 0. The highest BCUT2D eigenvalue weighted by atomic mass is 15.2. The SMILES string of the molecule is CC(C)N1CCC(N2Cc3ccccc3-c3ccccc3C2)CC1. The van der Waals surface area contributed by atoms with E-state index in [2.05, 4.69) is 72.2 Å². The molecule has 0 aliphatic carbocycles. The van der Waals surface area contributed by atoms with Crippen molar-refractivity contribution in [1.82, 2.24) is 9.80 Å². The van der Waals surface area contributed by atoms with Gasteiger partial charge in [0, 0.05) is 25.2 Å². The topological polar surface area (TPSA) is 6.48 Å². The van der Waals surface area contributed by atoms with Gasteiger partial charge in [0.2, 0.25) is 0 Å². The molecule has 0 bridgehead atoms. The zero-order valence-corrected chi connectivity index (χ0v) is 14.9. The van der Waals surface area contributed by atoms with Crippen LogP contribution >= 0.6 is 0 Å². The standard InChI is InChI=1S/C22H28N2/c1-17(2)23-13-11-20(12-14-23)24-15-18-7-3-5-9-21(18)22-10-6-4-8-19(22)16-24/h3-10,17,20H,11-16H2,1-2H3. The van der Waals surface area contributed by atoms with Crippen LogP contribution in [0.1, 0.15) is 37.8 Å². The lowest BCUT2D eigenvalue weighted by molar-refractivity contribution is 0.0832. The van der Waals surface area contributed by atoms with Gasteiger partial charge in [0.15, 0.2) is 0 Å². The lowest BCUT2D eigenvalue weighted by atomic mass is 9.97. The second kappa shape index (κ2) is 6.70. The van der Waals surface area contributed by atoms with Crippen LogP contribution in [0.3, 0.4) is 0 Å². The van der Waals surface area contributed by atoms with Crippen LogP contribution in [0.4, 0.5) is 0 Å². The molecule has 0 atom stereocenters. The van der Waals surface area contributed by atoms with Gasteiger partial charge < -0.3 is 4.90 Å². The van der Waals surface area contributed by atoms with E-state index in [1.54, 1.807) is 0 Å². The summed E-state index contributed by atoms with van der Waals surface area (Å²) in [5.41, 5.74) is 5.81.